The fourth-order valence-corrected chi connectivity index (χ4v) is 2.54. The molecule has 3 rings (SSSR count). The number of carbonyl (C=O) groups excluding carboxylic acids is 1. The molecule has 3 aromatic rings. The van der Waals surface area contributed by atoms with Gasteiger partial charge < -0.3 is 11.1 Å². The summed E-state index contributed by atoms with van der Waals surface area (Å²) in [5.74, 6) is -0.192. The van der Waals surface area contributed by atoms with Gasteiger partial charge in [0.2, 0.25) is 5.91 Å². The van der Waals surface area contributed by atoms with Crippen LogP contribution in [0.2, 0.25) is 0 Å². The first-order chi connectivity index (χ1) is 11.0. The minimum Gasteiger partial charge on any atom is -0.325 e. The smallest absolute Gasteiger partial charge is 0.240 e. The number of hydrogen-bond acceptors (Lipinski definition) is 3. The number of hydrogen-bond donors (Lipinski definition) is 2. The molecule has 23 heavy (non-hydrogen) atoms. The van der Waals surface area contributed by atoms with E-state index in [9.17, 15) is 4.79 Å². The maximum atomic E-state index is 11.6. The van der Waals surface area contributed by atoms with Crippen LogP contribution < -0.4 is 11.1 Å². The molecule has 0 aliphatic heterocycles. The van der Waals surface area contributed by atoms with Gasteiger partial charge in [0.1, 0.15) is 0 Å². The maximum Gasteiger partial charge on any atom is 0.240 e. The zero-order chi connectivity index (χ0) is 16.4. The number of nitrogens with one attached hydrogen (secondary N) is 1. The number of amides is 1. The standard InChI is InChI=1S/C19H19N3O/c1-12-11-17(16-5-3-4-6-18(16)21-12)14-7-9-15(10-8-14)22-19(23)13(2)20/h3-11,13H,20H2,1-2H3,(H,22,23)/t13-/m0/s1. The zero-order valence-corrected chi connectivity index (χ0v) is 13.2. The zero-order valence-electron chi connectivity index (χ0n) is 13.2. The normalized spacial score (nSPS) is 12.1. The Balaban J connectivity index is 1.98. The van der Waals surface area contributed by atoms with Crippen LogP contribution in [0.25, 0.3) is 22.0 Å². The second-order valence-electron chi connectivity index (χ2n) is 5.68. The third-order valence-electron chi connectivity index (χ3n) is 3.72. The summed E-state index contributed by atoms with van der Waals surface area (Å²) in [6.07, 6.45) is 0. The van der Waals surface area contributed by atoms with E-state index in [0.717, 1.165) is 33.4 Å². The first-order valence-electron chi connectivity index (χ1n) is 7.58. The number of aryl methyl sites for hydroxylation is 1. The summed E-state index contributed by atoms with van der Waals surface area (Å²) in [6.45, 7) is 3.66. The Kier molecular flexibility index (Phi) is 4.08. The average molecular weight is 305 g/mol. The summed E-state index contributed by atoms with van der Waals surface area (Å²) >= 11 is 0. The molecule has 2 aromatic carbocycles. The van der Waals surface area contributed by atoms with Crippen LogP contribution in [0.3, 0.4) is 0 Å². The van der Waals surface area contributed by atoms with Gasteiger partial charge in [-0.05, 0) is 49.2 Å². The highest BCUT2D eigenvalue weighted by molar-refractivity contribution is 5.96. The van der Waals surface area contributed by atoms with E-state index in [-0.39, 0.29) is 5.91 Å². The lowest BCUT2D eigenvalue weighted by Gasteiger charge is -2.11. The Hall–Kier alpha value is -2.72. The van der Waals surface area contributed by atoms with Gasteiger partial charge in [-0.25, -0.2) is 0 Å². The molecule has 116 valence electrons. The Morgan fingerprint density at radius 1 is 1.13 bits per heavy atom. The van der Waals surface area contributed by atoms with Gasteiger partial charge >= 0.3 is 0 Å². The van der Waals surface area contributed by atoms with Gasteiger partial charge in [0.15, 0.2) is 0 Å². The highest BCUT2D eigenvalue weighted by Crippen LogP contribution is 2.29. The largest absolute Gasteiger partial charge is 0.325 e. The molecule has 1 amide bonds. The topological polar surface area (TPSA) is 68.0 Å². The van der Waals surface area contributed by atoms with E-state index >= 15 is 0 Å². The monoisotopic (exact) mass is 305 g/mol. The Morgan fingerprint density at radius 3 is 2.52 bits per heavy atom. The van der Waals surface area contributed by atoms with Gasteiger partial charge in [0.25, 0.3) is 0 Å². The van der Waals surface area contributed by atoms with E-state index in [4.69, 9.17) is 5.73 Å². The number of aromatic nitrogens is 1. The van der Waals surface area contributed by atoms with Gasteiger partial charge in [0, 0.05) is 16.8 Å². The fraction of sp³-hybridized carbons (Fsp3) is 0.158. The molecule has 0 aliphatic carbocycles. The van der Waals surface area contributed by atoms with Crippen molar-refractivity contribution in [3.8, 4) is 11.1 Å². The number of nitrogens with zero attached hydrogens (tertiary/aromatic N) is 1. The minimum absolute atomic E-state index is 0.192. The summed E-state index contributed by atoms with van der Waals surface area (Å²) in [5.41, 5.74) is 10.5. The highest BCUT2D eigenvalue weighted by Gasteiger charge is 2.09. The summed E-state index contributed by atoms with van der Waals surface area (Å²) < 4.78 is 0. The third kappa shape index (κ3) is 3.22. The quantitative estimate of drug-likeness (QED) is 0.778. The molecule has 0 radical (unpaired) electrons. The van der Waals surface area contributed by atoms with Crippen LogP contribution in [0, 0.1) is 6.92 Å². The lowest BCUT2D eigenvalue weighted by molar-refractivity contribution is -0.117. The first-order valence-corrected chi connectivity index (χ1v) is 7.58. The number of pyridine rings is 1. The van der Waals surface area contributed by atoms with Crippen molar-refractivity contribution in [2.45, 2.75) is 19.9 Å². The van der Waals surface area contributed by atoms with Gasteiger partial charge in [-0.15, -0.1) is 0 Å². The molecular weight excluding hydrogens is 286 g/mol. The number of para-hydroxylation sites is 1. The lowest BCUT2D eigenvalue weighted by atomic mass is 10.00. The molecule has 0 bridgehead atoms. The Labute approximate surface area is 135 Å². The molecule has 0 saturated heterocycles. The summed E-state index contributed by atoms with van der Waals surface area (Å²) in [6, 6.07) is 17.4. The maximum absolute atomic E-state index is 11.6. The molecule has 4 heteroatoms. The van der Waals surface area contributed by atoms with Crippen molar-refractivity contribution >= 4 is 22.5 Å². The number of fused-ring (bicyclic) bond motifs is 1. The summed E-state index contributed by atoms with van der Waals surface area (Å²) in [4.78, 5) is 16.2. The second kappa shape index (κ2) is 6.18. The first kappa shape index (κ1) is 15.2. The van der Waals surface area contributed by atoms with Crippen LogP contribution in [0.5, 0.6) is 0 Å². The van der Waals surface area contributed by atoms with Crippen molar-refractivity contribution < 1.29 is 4.79 Å². The minimum atomic E-state index is -0.526. The predicted molar refractivity (Wildman–Crippen MR) is 94.2 cm³/mol. The number of carbonyl (C=O) groups is 1. The molecule has 1 aromatic heterocycles. The van der Waals surface area contributed by atoms with E-state index < -0.39 is 6.04 Å². The second-order valence-corrected chi connectivity index (χ2v) is 5.68. The van der Waals surface area contributed by atoms with Crippen molar-refractivity contribution in [1.29, 1.82) is 0 Å². The van der Waals surface area contributed by atoms with E-state index in [1.165, 1.54) is 0 Å². The SMILES string of the molecule is Cc1cc(-c2ccc(NC(=O)[C@H](C)N)cc2)c2ccccc2n1. The third-order valence-corrected chi connectivity index (χ3v) is 3.72. The van der Waals surface area contributed by atoms with Gasteiger partial charge in [-0.3, -0.25) is 9.78 Å². The van der Waals surface area contributed by atoms with E-state index in [0.29, 0.717) is 0 Å². The Morgan fingerprint density at radius 2 is 1.83 bits per heavy atom. The number of nitrogens with two attached hydrogens (primary N) is 1. The molecule has 0 unspecified atom stereocenters. The molecule has 1 heterocycles. The highest BCUT2D eigenvalue weighted by atomic mass is 16.2. The number of benzene rings is 2. The molecule has 0 fully saturated rings. The lowest BCUT2D eigenvalue weighted by Crippen LogP contribution is -2.32. The average Bonchev–Trinajstić information content (AvgIpc) is 2.54. The molecular formula is C19H19N3O. The van der Waals surface area contributed by atoms with Gasteiger partial charge in [0.05, 0.1) is 11.6 Å². The van der Waals surface area contributed by atoms with Gasteiger partial charge in [-0.1, -0.05) is 30.3 Å². The summed E-state index contributed by atoms with van der Waals surface area (Å²) in [5, 5.41) is 3.91. The Bertz CT molecular complexity index is 854. The van der Waals surface area contributed by atoms with E-state index in [1.54, 1.807) is 6.92 Å². The molecule has 4 nitrogen and oxygen atoms in total. The fourth-order valence-electron chi connectivity index (χ4n) is 2.54. The van der Waals surface area contributed by atoms with Gasteiger partial charge in [-0.2, -0.15) is 0 Å². The van der Waals surface area contributed by atoms with Crippen LogP contribution in [0.15, 0.2) is 54.6 Å². The van der Waals surface area contributed by atoms with Crippen LogP contribution >= 0.6 is 0 Å². The van der Waals surface area contributed by atoms with E-state index in [1.807, 2.05) is 49.4 Å². The van der Waals surface area contributed by atoms with Crippen LogP contribution in [0.1, 0.15) is 12.6 Å². The molecule has 0 saturated carbocycles. The molecule has 3 N–H and O–H groups in total. The van der Waals surface area contributed by atoms with Crippen LogP contribution in [0.4, 0.5) is 5.69 Å². The van der Waals surface area contributed by atoms with Crippen molar-refractivity contribution in [2.24, 2.45) is 5.73 Å². The summed E-state index contributed by atoms with van der Waals surface area (Å²) in [7, 11) is 0. The van der Waals surface area contributed by atoms with Crippen molar-refractivity contribution in [2.75, 3.05) is 5.32 Å². The number of anilines is 1. The molecule has 0 spiro atoms. The predicted octanol–water partition coefficient (Wildman–Crippen LogP) is 3.50. The molecule has 1 atom stereocenters. The van der Waals surface area contributed by atoms with Crippen LogP contribution in [-0.2, 0) is 4.79 Å². The van der Waals surface area contributed by atoms with Crippen molar-refractivity contribution in [3.63, 3.8) is 0 Å². The number of rotatable bonds is 3. The van der Waals surface area contributed by atoms with Crippen molar-refractivity contribution in [3.05, 3.63) is 60.3 Å². The van der Waals surface area contributed by atoms with E-state index in [2.05, 4.69) is 22.4 Å². The van der Waals surface area contributed by atoms with Crippen LogP contribution in [-0.4, -0.2) is 16.9 Å². The van der Waals surface area contributed by atoms with Crippen molar-refractivity contribution in [1.82, 2.24) is 4.98 Å². The molecule has 0 aliphatic rings.